The minimum atomic E-state index is 0.837. The molecular weight excluding hydrogens is 251 g/mol. The standard InChI is InChI=1S/C11H10BBrN2/c12-7-8-3-1-4-9(14-8)10-5-2-6-11(13)15-10/h1-6H,7,12H2. The third kappa shape index (κ3) is 2.45. The first-order chi connectivity index (χ1) is 7.29. The van der Waals surface area contributed by atoms with Crippen molar-refractivity contribution in [3.8, 4) is 11.4 Å². The fourth-order valence-corrected chi connectivity index (χ4v) is 1.71. The van der Waals surface area contributed by atoms with Crippen molar-refractivity contribution in [1.29, 1.82) is 0 Å². The van der Waals surface area contributed by atoms with Crippen LogP contribution in [0.25, 0.3) is 11.4 Å². The van der Waals surface area contributed by atoms with E-state index >= 15 is 0 Å². The highest BCUT2D eigenvalue weighted by Gasteiger charge is 2.01. The smallest absolute Gasteiger partial charge is 0.109 e. The van der Waals surface area contributed by atoms with Crippen molar-refractivity contribution in [3.63, 3.8) is 0 Å². The summed E-state index contributed by atoms with van der Waals surface area (Å²) in [5, 5.41) is 0. The molecule has 2 rings (SSSR count). The van der Waals surface area contributed by atoms with Gasteiger partial charge in [0.1, 0.15) is 12.4 Å². The molecule has 2 nitrogen and oxygen atoms in total. The molecule has 0 aliphatic heterocycles. The molecule has 74 valence electrons. The Bertz CT molecular complexity index is 474. The summed E-state index contributed by atoms with van der Waals surface area (Å²) in [6.07, 6.45) is 0.946. The van der Waals surface area contributed by atoms with E-state index in [4.69, 9.17) is 0 Å². The van der Waals surface area contributed by atoms with Gasteiger partial charge in [0.2, 0.25) is 0 Å². The average molecular weight is 261 g/mol. The van der Waals surface area contributed by atoms with Crippen molar-refractivity contribution in [3.05, 3.63) is 46.7 Å². The SMILES string of the molecule is BCc1cccc(-c2cccc(Br)n2)n1. The van der Waals surface area contributed by atoms with Crippen LogP contribution in [0, 0.1) is 0 Å². The van der Waals surface area contributed by atoms with E-state index in [0.717, 1.165) is 28.0 Å². The molecule has 0 radical (unpaired) electrons. The molecule has 0 saturated heterocycles. The second-order valence-electron chi connectivity index (χ2n) is 3.21. The number of pyridine rings is 2. The second-order valence-corrected chi connectivity index (χ2v) is 4.03. The van der Waals surface area contributed by atoms with Gasteiger partial charge in [0.15, 0.2) is 0 Å². The van der Waals surface area contributed by atoms with Crippen LogP contribution in [0.5, 0.6) is 0 Å². The predicted octanol–water partition coefficient (Wildman–Crippen LogP) is 2.04. The van der Waals surface area contributed by atoms with E-state index < -0.39 is 0 Å². The lowest BCUT2D eigenvalue weighted by atomic mass is 10.0. The molecule has 2 aromatic heterocycles. The van der Waals surface area contributed by atoms with Gasteiger partial charge in [-0.25, -0.2) is 4.98 Å². The maximum atomic E-state index is 4.52. The summed E-state index contributed by atoms with van der Waals surface area (Å²) in [4.78, 5) is 8.89. The molecule has 0 bridgehead atoms. The van der Waals surface area contributed by atoms with Crippen molar-refractivity contribution in [2.24, 2.45) is 0 Å². The summed E-state index contributed by atoms with van der Waals surface area (Å²) in [6.45, 7) is 0. The molecule has 0 saturated carbocycles. The molecule has 0 spiro atoms. The fourth-order valence-electron chi connectivity index (χ4n) is 1.37. The summed E-state index contributed by atoms with van der Waals surface area (Å²) in [5.41, 5.74) is 2.92. The summed E-state index contributed by atoms with van der Waals surface area (Å²) in [7, 11) is 2.10. The van der Waals surface area contributed by atoms with E-state index in [-0.39, 0.29) is 0 Å². The molecular formula is C11H10BBrN2. The van der Waals surface area contributed by atoms with Gasteiger partial charge in [-0.05, 0) is 46.5 Å². The maximum Gasteiger partial charge on any atom is 0.109 e. The first-order valence-electron chi connectivity index (χ1n) is 4.88. The van der Waals surface area contributed by atoms with Crippen LogP contribution in [0.1, 0.15) is 5.69 Å². The molecule has 0 aliphatic carbocycles. The molecule has 2 aromatic rings. The van der Waals surface area contributed by atoms with Crippen LogP contribution in [-0.2, 0) is 6.32 Å². The van der Waals surface area contributed by atoms with Crippen molar-refractivity contribution in [1.82, 2.24) is 9.97 Å². The Morgan fingerprint density at radius 2 is 1.67 bits per heavy atom. The van der Waals surface area contributed by atoms with E-state index in [9.17, 15) is 0 Å². The highest BCUT2D eigenvalue weighted by molar-refractivity contribution is 9.10. The summed E-state index contributed by atoms with van der Waals surface area (Å²) >= 11 is 3.36. The first-order valence-corrected chi connectivity index (χ1v) is 5.68. The second kappa shape index (κ2) is 4.58. The minimum absolute atomic E-state index is 0.837. The summed E-state index contributed by atoms with van der Waals surface area (Å²) in [6, 6.07) is 11.9. The van der Waals surface area contributed by atoms with Crippen LogP contribution >= 0.6 is 15.9 Å². The van der Waals surface area contributed by atoms with Crippen LogP contribution in [0.3, 0.4) is 0 Å². The van der Waals surface area contributed by atoms with Gasteiger partial charge >= 0.3 is 0 Å². The average Bonchev–Trinajstić information content (AvgIpc) is 2.29. The normalized spacial score (nSPS) is 10.2. The van der Waals surface area contributed by atoms with E-state index in [2.05, 4.69) is 33.7 Å². The van der Waals surface area contributed by atoms with Crippen LogP contribution in [0.4, 0.5) is 0 Å². The molecule has 0 N–H and O–H groups in total. The van der Waals surface area contributed by atoms with Gasteiger partial charge in [-0.1, -0.05) is 12.1 Å². The minimum Gasteiger partial charge on any atom is -0.252 e. The Morgan fingerprint density at radius 1 is 1.00 bits per heavy atom. The topological polar surface area (TPSA) is 25.8 Å². The Kier molecular flexibility index (Phi) is 3.16. The van der Waals surface area contributed by atoms with E-state index in [1.54, 1.807) is 0 Å². The van der Waals surface area contributed by atoms with Crippen LogP contribution in [0.2, 0.25) is 0 Å². The monoisotopic (exact) mass is 260 g/mol. The zero-order valence-electron chi connectivity index (χ0n) is 8.44. The number of rotatable bonds is 2. The summed E-state index contributed by atoms with van der Waals surface area (Å²) in [5.74, 6) is 0. The number of hydrogen-bond donors (Lipinski definition) is 0. The van der Waals surface area contributed by atoms with Gasteiger partial charge < -0.3 is 0 Å². The number of hydrogen-bond acceptors (Lipinski definition) is 2. The number of aromatic nitrogens is 2. The third-order valence-electron chi connectivity index (χ3n) is 2.15. The predicted molar refractivity (Wildman–Crippen MR) is 67.4 cm³/mol. The molecule has 0 amide bonds. The lowest BCUT2D eigenvalue weighted by Gasteiger charge is -2.02. The quantitative estimate of drug-likeness (QED) is 0.610. The maximum absolute atomic E-state index is 4.52. The van der Waals surface area contributed by atoms with Crippen LogP contribution in [0.15, 0.2) is 41.0 Å². The zero-order chi connectivity index (χ0) is 10.7. The molecule has 0 aromatic carbocycles. The Balaban J connectivity index is 2.44. The van der Waals surface area contributed by atoms with Gasteiger partial charge in [0, 0.05) is 5.69 Å². The Hall–Kier alpha value is -1.16. The van der Waals surface area contributed by atoms with Gasteiger partial charge in [0.25, 0.3) is 0 Å². The van der Waals surface area contributed by atoms with E-state index in [0.29, 0.717) is 0 Å². The summed E-state index contributed by atoms with van der Waals surface area (Å²) < 4.78 is 0.837. The molecule has 0 fully saturated rings. The van der Waals surface area contributed by atoms with Crippen molar-refractivity contribution in [2.75, 3.05) is 0 Å². The first kappa shape index (κ1) is 10.4. The Morgan fingerprint density at radius 3 is 2.33 bits per heavy atom. The van der Waals surface area contributed by atoms with E-state index in [1.165, 1.54) is 0 Å². The van der Waals surface area contributed by atoms with Crippen molar-refractivity contribution >= 4 is 23.8 Å². The zero-order valence-corrected chi connectivity index (χ0v) is 10.0. The van der Waals surface area contributed by atoms with Gasteiger partial charge in [0.05, 0.1) is 11.4 Å². The largest absolute Gasteiger partial charge is 0.252 e. The van der Waals surface area contributed by atoms with Gasteiger partial charge in [-0.3, -0.25) is 4.98 Å². The molecule has 15 heavy (non-hydrogen) atoms. The highest BCUT2D eigenvalue weighted by atomic mass is 79.9. The molecule has 0 unspecified atom stereocenters. The molecule has 0 aliphatic rings. The third-order valence-corrected chi connectivity index (χ3v) is 2.59. The molecule has 2 heterocycles. The lowest BCUT2D eigenvalue weighted by Crippen LogP contribution is -1.93. The van der Waals surface area contributed by atoms with E-state index in [1.807, 2.05) is 36.4 Å². The molecule has 4 heteroatoms. The van der Waals surface area contributed by atoms with Crippen LogP contribution in [-0.4, -0.2) is 17.8 Å². The Labute approximate surface area is 98.3 Å². The fraction of sp³-hybridized carbons (Fsp3) is 0.0909. The van der Waals surface area contributed by atoms with Crippen molar-refractivity contribution in [2.45, 2.75) is 6.32 Å². The van der Waals surface area contributed by atoms with Gasteiger partial charge in [-0.2, -0.15) is 0 Å². The number of nitrogens with zero attached hydrogens (tertiary/aromatic N) is 2. The van der Waals surface area contributed by atoms with Gasteiger partial charge in [-0.15, -0.1) is 0 Å². The molecule has 0 atom stereocenters. The highest BCUT2D eigenvalue weighted by Crippen LogP contribution is 2.17. The van der Waals surface area contributed by atoms with Crippen LogP contribution < -0.4 is 0 Å². The van der Waals surface area contributed by atoms with Crippen molar-refractivity contribution < 1.29 is 0 Å². The number of halogens is 1. The lowest BCUT2D eigenvalue weighted by molar-refractivity contribution is 1.15.